The van der Waals surface area contributed by atoms with Crippen molar-refractivity contribution >= 4 is 23.3 Å². The van der Waals surface area contributed by atoms with Crippen molar-refractivity contribution in [3.63, 3.8) is 0 Å². The molecule has 1 N–H and O–H groups in total. The van der Waals surface area contributed by atoms with Gasteiger partial charge in [-0.2, -0.15) is 0 Å². The van der Waals surface area contributed by atoms with Gasteiger partial charge in [0, 0.05) is 43.4 Å². The fourth-order valence-electron chi connectivity index (χ4n) is 4.40. The Kier molecular flexibility index (Phi) is 5.84. The summed E-state index contributed by atoms with van der Waals surface area (Å²) in [4.78, 5) is 33.3. The third-order valence-corrected chi connectivity index (χ3v) is 7.13. The Morgan fingerprint density at radius 1 is 1.24 bits per heavy atom. The molecule has 4 heterocycles. The molecule has 3 amide bonds. The van der Waals surface area contributed by atoms with Crippen molar-refractivity contribution in [3.05, 3.63) is 16.1 Å². The molecule has 3 fully saturated rings. The molecule has 0 saturated carbocycles. The Labute approximate surface area is 176 Å². The predicted molar refractivity (Wildman–Crippen MR) is 112 cm³/mol. The van der Waals surface area contributed by atoms with Gasteiger partial charge < -0.3 is 19.9 Å². The van der Waals surface area contributed by atoms with Crippen LogP contribution in [0.25, 0.3) is 0 Å². The molecule has 0 spiro atoms. The molecule has 3 aliphatic heterocycles. The number of aromatic nitrogens is 1. The fraction of sp³-hybridized carbons (Fsp3) is 0.762. The van der Waals surface area contributed by atoms with E-state index < -0.39 is 0 Å². The molecule has 2 unspecified atom stereocenters. The second kappa shape index (κ2) is 8.22. The zero-order valence-electron chi connectivity index (χ0n) is 17.6. The van der Waals surface area contributed by atoms with Gasteiger partial charge in [0.1, 0.15) is 6.61 Å². The molecule has 0 radical (unpaired) electrons. The lowest BCUT2D eigenvalue weighted by Crippen LogP contribution is -2.62. The lowest BCUT2D eigenvalue weighted by molar-refractivity contribution is -0.139. The van der Waals surface area contributed by atoms with Gasteiger partial charge in [-0.3, -0.25) is 4.79 Å². The normalized spacial score (nSPS) is 26.2. The van der Waals surface area contributed by atoms with Crippen molar-refractivity contribution in [2.75, 3.05) is 32.8 Å². The molecule has 0 aromatic carbocycles. The zero-order chi connectivity index (χ0) is 20.6. The molecule has 0 aliphatic carbocycles. The van der Waals surface area contributed by atoms with E-state index in [0.29, 0.717) is 19.0 Å². The predicted octanol–water partition coefficient (Wildman–Crippen LogP) is 2.40. The minimum atomic E-state index is -0.0850. The van der Waals surface area contributed by atoms with Crippen molar-refractivity contribution in [3.8, 4) is 0 Å². The molecular formula is C21H32N4O3S. The highest BCUT2D eigenvalue weighted by atomic mass is 32.1. The van der Waals surface area contributed by atoms with Gasteiger partial charge >= 0.3 is 6.03 Å². The van der Waals surface area contributed by atoms with Gasteiger partial charge in [0.15, 0.2) is 0 Å². The largest absolute Gasteiger partial charge is 0.366 e. The first kappa shape index (κ1) is 20.6. The standard InChI is InChI=1S/C21H32N4O3S/c1-21(2,3)17-13-29-19(23-17)10-14-4-7-24(8-5-14)20(27)25-9-6-16-15(11-25)22-18(26)12-28-16/h13-16H,4-12H2,1-3H3,(H,22,26). The van der Waals surface area contributed by atoms with Gasteiger partial charge in [-0.15, -0.1) is 11.3 Å². The summed E-state index contributed by atoms with van der Waals surface area (Å²) in [6, 6.07) is 0.0272. The smallest absolute Gasteiger partial charge is 0.320 e. The number of amides is 3. The minimum absolute atomic E-state index is 0.0405. The summed E-state index contributed by atoms with van der Waals surface area (Å²) in [5, 5.41) is 6.37. The van der Waals surface area contributed by atoms with Crippen LogP contribution >= 0.6 is 11.3 Å². The maximum atomic E-state index is 13.0. The maximum Gasteiger partial charge on any atom is 0.320 e. The van der Waals surface area contributed by atoms with Crippen LogP contribution < -0.4 is 5.32 Å². The number of carbonyl (C=O) groups is 2. The topological polar surface area (TPSA) is 74.8 Å². The molecular weight excluding hydrogens is 388 g/mol. The number of morpholine rings is 1. The number of hydrogen-bond donors (Lipinski definition) is 1. The second-order valence-corrected chi connectivity index (χ2v) is 10.5. The van der Waals surface area contributed by atoms with E-state index in [1.165, 1.54) is 10.7 Å². The van der Waals surface area contributed by atoms with Gasteiger partial charge in [0.25, 0.3) is 0 Å². The third kappa shape index (κ3) is 4.74. The van der Waals surface area contributed by atoms with Crippen LogP contribution in [0.3, 0.4) is 0 Å². The average Bonchev–Trinajstić information content (AvgIpc) is 3.16. The van der Waals surface area contributed by atoms with Crippen LogP contribution in [0.5, 0.6) is 0 Å². The van der Waals surface area contributed by atoms with Crippen LogP contribution in [0.1, 0.15) is 50.7 Å². The van der Waals surface area contributed by atoms with Crippen LogP contribution in [0.15, 0.2) is 5.38 Å². The Hall–Kier alpha value is -1.67. The molecule has 1 aromatic heterocycles. The first-order chi connectivity index (χ1) is 13.8. The van der Waals surface area contributed by atoms with E-state index in [9.17, 15) is 9.59 Å². The molecule has 3 saturated heterocycles. The highest BCUT2D eigenvalue weighted by Crippen LogP contribution is 2.28. The average molecular weight is 421 g/mol. The summed E-state index contributed by atoms with van der Waals surface area (Å²) in [7, 11) is 0. The number of nitrogens with one attached hydrogen (secondary N) is 1. The molecule has 7 nitrogen and oxygen atoms in total. The number of carbonyl (C=O) groups excluding carboxylic acids is 2. The number of ether oxygens (including phenoxy) is 1. The molecule has 160 valence electrons. The lowest BCUT2D eigenvalue weighted by atomic mass is 9.92. The summed E-state index contributed by atoms with van der Waals surface area (Å²) >= 11 is 1.76. The molecule has 0 bridgehead atoms. The van der Waals surface area contributed by atoms with Gasteiger partial charge in [0.2, 0.25) is 5.91 Å². The van der Waals surface area contributed by atoms with Crippen molar-refractivity contribution in [1.29, 1.82) is 0 Å². The van der Waals surface area contributed by atoms with Crippen molar-refractivity contribution in [1.82, 2.24) is 20.1 Å². The van der Waals surface area contributed by atoms with Crippen LogP contribution in [-0.4, -0.2) is 71.7 Å². The molecule has 29 heavy (non-hydrogen) atoms. The van der Waals surface area contributed by atoms with E-state index >= 15 is 0 Å². The number of hydrogen-bond acceptors (Lipinski definition) is 5. The molecule has 1 aromatic rings. The summed E-state index contributed by atoms with van der Waals surface area (Å²) in [5.41, 5.74) is 1.27. The first-order valence-electron chi connectivity index (χ1n) is 10.7. The van der Waals surface area contributed by atoms with Crippen molar-refractivity contribution < 1.29 is 14.3 Å². The fourth-order valence-corrected chi connectivity index (χ4v) is 5.53. The highest BCUT2D eigenvalue weighted by Gasteiger charge is 2.38. The van der Waals surface area contributed by atoms with Gasteiger partial charge in [-0.05, 0) is 25.2 Å². The summed E-state index contributed by atoms with van der Waals surface area (Å²) in [6.07, 6.45) is 3.89. The number of likely N-dealkylation sites (tertiary alicyclic amines) is 2. The number of nitrogens with zero attached hydrogens (tertiary/aromatic N) is 3. The van der Waals surface area contributed by atoms with Crippen LogP contribution in [0.4, 0.5) is 4.79 Å². The van der Waals surface area contributed by atoms with Gasteiger partial charge in [-0.1, -0.05) is 20.8 Å². The van der Waals surface area contributed by atoms with E-state index in [1.54, 1.807) is 11.3 Å². The van der Waals surface area contributed by atoms with Crippen molar-refractivity contribution in [2.24, 2.45) is 5.92 Å². The van der Waals surface area contributed by atoms with Crippen LogP contribution in [0, 0.1) is 5.92 Å². The summed E-state index contributed by atoms with van der Waals surface area (Å²) in [5.74, 6) is 0.507. The number of piperidine rings is 2. The van der Waals surface area contributed by atoms with E-state index in [0.717, 1.165) is 38.8 Å². The number of thiazole rings is 1. The SMILES string of the molecule is CC(C)(C)c1csc(CC2CCN(C(=O)N3CCC4OCC(=O)NC4C3)CC2)n1. The van der Waals surface area contributed by atoms with E-state index in [4.69, 9.17) is 9.72 Å². The Morgan fingerprint density at radius 3 is 2.66 bits per heavy atom. The first-order valence-corrected chi connectivity index (χ1v) is 11.6. The zero-order valence-corrected chi connectivity index (χ0v) is 18.5. The van der Waals surface area contributed by atoms with Crippen LogP contribution in [-0.2, 0) is 21.4 Å². The minimum Gasteiger partial charge on any atom is -0.366 e. The van der Waals surface area contributed by atoms with E-state index in [-0.39, 0.29) is 36.1 Å². The van der Waals surface area contributed by atoms with Crippen LogP contribution in [0.2, 0.25) is 0 Å². The molecule has 2 atom stereocenters. The summed E-state index contributed by atoms with van der Waals surface area (Å²) in [6.45, 7) is 9.58. The molecule has 8 heteroatoms. The van der Waals surface area contributed by atoms with E-state index in [2.05, 4.69) is 31.5 Å². The highest BCUT2D eigenvalue weighted by molar-refractivity contribution is 7.09. The summed E-state index contributed by atoms with van der Waals surface area (Å²) < 4.78 is 5.59. The monoisotopic (exact) mass is 420 g/mol. The van der Waals surface area contributed by atoms with Gasteiger partial charge in [0.05, 0.1) is 22.8 Å². The Morgan fingerprint density at radius 2 is 1.97 bits per heavy atom. The Bertz CT molecular complexity index is 751. The van der Waals surface area contributed by atoms with Crippen molar-refractivity contribution in [2.45, 2.75) is 64.0 Å². The molecule has 4 rings (SSSR count). The number of rotatable bonds is 2. The quantitative estimate of drug-likeness (QED) is 0.797. The number of fused-ring (bicyclic) bond motifs is 1. The Balaban J connectivity index is 1.26. The molecule has 3 aliphatic rings. The lowest BCUT2D eigenvalue weighted by Gasteiger charge is -2.43. The third-order valence-electron chi connectivity index (χ3n) is 6.26. The number of urea groups is 1. The second-order valence-electron chi connectivity index (χ2n) is 9.55. The maximum absolute atomic E-state index is 13.0. The van der Waals surface area contributed by atoms with Gasteiger partial charge in [-0.25, -0.2) is 9.78 Å². The van der Waals surface area contributed by atoms with E-state index in [1.807, 2.05) is 9.80 Å².